The van der Waals surface area contributed by atoms with Crippen LogP contribution in [0.25, 0.3) is 0 Å². The van der Waals surface area contributed by atoms with E-state index in [4.69, 9.17) is 14.9 Å². The smallest absolute Gasteiger partial charge is 0.328 e. The van der Waals surface area contributed by atoms with Gasteiger partial charge in [-0.1, -0.05) is 70.9 Å². The summed E-state index contributed by atoms with van der Waals surface area (Å²) in [6.07, 6.45) is 21.8. The monoisotopic (exact) mass is 554 g/mol. The fourth-order valence-corrected chi connectivity index (χ4v) is 4.17. The molecule has 0 rings (SSSR count). The van der Waals surface area contributed by atoms with Crippen LogP contribution in [0.4, 0.5) is 0 Å². The zero-order valence-corrected chi connectivity index (χ0v) is 24.4. The molecule has 0 aromatic carbocycles. The number of esters is 1. The number of amides is 2. The maximum Gasteiger partial charge on any atom is 0.328 e. The Hall–Kier alpha value is -2.42. The minimum absolute atomic E-state index is 0.0853. The number of unbranched alkanes of at least 4 members (excludes halogenated alkanes) is 10. The molecule has 0 spiro atoms. The lowest BCUT2D eigenvalue weighted by molar-refractivity contribution is -0.150. The molecule has 2 amide bonds. The van der Waals surface area contributed by atoms with E-state index < -0.39 is 24.5 Å². The van der Waals surface area contributed by atoms with Gasteiger partial charge in [0.05, 0.1) is 13.2 Å². The van der Waals surface area contributed by atoms with Crippen LogP contribution < -0.4 is 10.6 Å². The number of ether oxygens (including phenoxy) is 1. The van der Waals surface area contributed by atoms with Gasteiger partial charge in [0.1, 0.15) is 12.1 Å². The van der Waals surface area contributed by atoms with Crippen molar-refractivity contribution in [1.82, 2.24) is 10.6 Å². The number of carboxylic acids is 1. The van der Waals surface area contributed by atoms with Crippen molar-refractivity contribution in [3.63, 3.8) is 0 Å². The van der Waals surface area contributed by atoms with E-state index in [0.29, 0.717) is 12.8 Å². The van der Waals surface area contributed by atoms with Crippen LogP contribution in [0.2, 0.25) is 0 Å². The van der Waals surface area contributed by atoms with Crippen LogP contribution in [0.3, 0.4) is 0 Å². The van der Waals surface area contributed by atoms with Crippen molar-refractivity contribution in [2.24, 2.45) is 0 Å². The fraction of sp³-hybridized carbons (Fsp3) is 0.800. The minimum atomic E-state index is -1.39. The molecule has 0 bridgehead atoms. The summed E-state index contributed by atoms with van der Waals surface area (Å²) in [5.74, 6) is -2.43. The molecule has 2 unspecified atom stereocenters. The normalized spacial score (nSPS) is 12.7. The Bertz CT molecular complexity index is 697. The van der Waals surface area contributed by atoms with Crippen LogP contribution in [-0.2, 0) is 23.9 Å². The van der Waals surface area contributed by atoms with Gasteiger partial charge in [0.15, 0.2) is 0 Å². The highest BCUT2D eigenvalue weighted by Gasteiger charge is 2.19. The Labute approximate surface area is 235 Å². The Morgan fingerprint density at radius 1 is 0.744 bits per heavy atom. The number of carboxylic acid groups (broad SMARTS) is 1. The lowest BCUT2D eigenvalue weighted by Crippen LogP contribution is -2.47. The summed E-state index contributed by atoms with van der Waals surface area (Å²) in [7, 11) is 0. The van der Waals surface area contributed by atoms with E-state index in [1.807, 2.05) is 0 Å². The van der Waals surface area contributed by atoms with Crippen molar-refractivity contribution in [2.45, 2.75) is 142 Å². The van der Waals surface area contributed by atoms with Crippen molar-refractivity contribution in [1.29, 1.82) is 0 Å². The van der Waals surface area contributed by atoms with Crippen LogP contribution in [0.1, 0.15) is 129 Å². The van der Waals surface area contributed by atoms with Crippen molar-refractivity contribution in [3.8, 4) is 0 Å². The van der Waals surface area contributed by atoms with Gasteiger partial charge in [0.2, 0.25) is 11.8 Å². The summed E-state index contributed by atoms with van der Waals surface area (Å²) >= 11 is 0. The summed E-state index contributed by atoms with van der Waals surface area (Å²) < 4.78 is 5.71. The predicted octanol–water partition coefficient (Wildman–Crippen LogP) is 5.19. The second-order valence-electron chi connectivity index (χ2n) is 10.2. The molecule has 4 N–H and O–H groups in total. The predicted molar refractivity (Wildman–Crippen MR) is 153 cm³/mol. The molecule has 0 saturated carbocycles. The minimum Gasteiger partial charge on any atom is -0.480 e. The first kappa shape index (κ1) is 36.6. The SMILES string of the molecule is CCCCC/C=C\CCCCCCCC(=O)OC(CCC)CCCCCC(=O)NCC(=O)NC(CO)C(=O)O. The van der Waals surface area contributed by atoms with E-state index in [0.717, 1.165) is 57.8 Å². The molecule has 0 aliphatic rings. The van der Waals surface area contributed by atoms with Gasteiger partial charge in [-0.05, 0) is 57.8 Å². The highest BCUT2D eigenvalue weighted by atomic mass is 16.5. The molecule has 9 heteroatoms. The molecular weight excluding hydrogens is 500 g/mol. The number of carbonyl (C=O) groups excluding carboxylic acids is 3. The van der Waals surface area contributed by atoms with Crippen molar-refractivity contribution in [3.05, 3.63) is 12.2 Å². The highest BCUT2D eigenvalue weighted by molar-refractivity contribution is 5.87. The first-order valence-electron chi connectivity index (χ1n) is 15.1. The number of aliphatic carboxylic acids is 1. The molecule has 226 valence electrons. The third kappa shape index (κ3) is 23.2. The van der Waals surface area contributed by atoms with Crippen LogP contribution in [0.5, 0.6) is 0 Å². The topological polar surface area (TPSA) is 142 Å². The number of rotatable bonds is 26. The quantitative estimate of drug-likeness (QED) is 0.0654. The fourth-order valence-electron chi connectivity index (χ4n) is 4.17. The molecule has 0 aromatic heterocycles. The molecule has 0 fully saturated rings. The molecular formula is C30H54N2O7. The number of hydrogen-bond donors (Lipinski definition) is 4. The van der Waals surface area contributed by atoms with Crippen molar-refractivity contribution < 1.29 is 34.1 Å². The Morgan fingerprint density at radius 2 is 1.36 bits per heavy atom. The van der Waals surface area contributed by atoms with E-state index in [2.05, 4.69) is 36.6 Å². The van der Waals surface area contributed by atoms with Gasteiger partial charge < -0.3 is 25.6 Å². The summed E-state index contributed by atoms with van der Waals surface area (Å²) in [6, 6.07) is -1.39. The van der Waals surface area contributed by atoms with Crippen molar-refractivity contribution in [2.75, 3.05) is 13.2 Å². The largest absolute Gasteiger partial charge is 0.480 e. The molecule has 0 radical (unpaired) electrons. The van der Waals surface area contributed by atoms with Gasteiger partial charge in [-0.3, -0.25) is 14.4 Å². The second kappa shape index (κ2) is 25.8. The third-order valence-corrected chi connectivity index (χ3v) is 6.49. The summed E-state index contributed by atoms with van der Waals surface area (Å²) in [5.41, 5.74) is 0. The molecule has 0 aliphatic heterocycles. The standard InChI is InChI=1S/C30H54N2O7/c1-3-5-6-7-8-9-10-11-12-13-14-18-22-29(36)39-25(19-4-2)20-16-15-17-21-27(34)31-23-28(35)32-26(24-33)30(37)38/h8-9,25-26,33H,3-7,10-24H2,1-2H3,(H,31,34)(H,32,35)(H,37,38)/b9-8-. The molecule has 39 heavy (non-hydrogen) atoms. The lowest BCUT2D eigenvalue weighted by Gasteiger charge is -2.17. The molecule has 0 heterocycles. The maximum absolute atomic E-state index is 12.3. The van der Waals surface area contributed by atoms with E-state index in [1.54, 1.807) is 0 Å². The molecule has 0 saturated heterocycles. The molecule has 9 nitrogen and oxygen atoms in total. The Kier molecular flexibility index (Phi) is 24.2. The average molecular weight is 555 g/mol. The average Bonchev–Trinajstić information content (AvgIpc) is 2.90. The van der Waals surface area contributed by atoms with E-state index in [1.165, 1.54) is 38.5 Å². The molecule has 0 aromatic rings. The third-order valence-electron chi connectivity index (χ3n) is 6.49. The first-order chi connectivity index (χ1) is 18.8. The van der Waals surface area contributed by atoms with E-state index >= 15 is 0 Å². The zero-order valence-electron chi connectivity index (χ0n) is 24.4. The van der Waals surface area contributed by atoms with Gasteiger partial charge in [0, 0.05) is 12.8 Å². The second-order valence-corrected chi connectivity index (χ2v) is 10.2. The zero-order chi connectivity index (χ0) is 29.1. The van der Waals surface area contributed by atoms with Gasteiger partial charge in [0.25, 0.3) is 0 Å². The van der Waals surface area contributed by atoms with Crippen LogP contribution >= 0.6 is 0 Å². The highest BCUT2D eigenvalue weighted by Crippen LogP contribution is 2.15. The van der Waals surface area contributed by atoms with Gasteiger partial charge in [-0.2, -0.15) is 0 Å². The molecule has 2 atom stereocenters. The van der Waals surface area contributed by atoms with Gasteiger partial charge >= 0.3 is 11.9 Å². The summed E-state index contributed by atoms with van der Waals surface area (Å²) in [5, 5.41) is 22.3. The number of aliphatic hydroxyl groups is 1. The Morgan fingerprint density at radius 3 is 2.00 bits per heavy atom. The van der Waals surface area contributed by atoms with Gasteiger partial charge in [-0.15, -0.1) is 0 Å². The van der Waals surface area contributed by atoms with Crippen molar-refractivity contribution >= 4 is 23.8 Å². The first-order valence-corrected chi connectivity index (χ1v) is 15.1. The van der Waals surface area contributed by atoms with E-state index in [9.17, 15) is 19.2 Å². The number of nitrogens with one attached hydrogen (secondary N) is 2. The summed E-state index contributed by atoms with van der Waals surface area (Å²) in [4.78, 5) is 46.6. The van der Waals surface area contributed by atoms with Crippen LogP contribution in [-0.4, -0.2) is 59.3 Å². The number of aliphatic hydroxyl groups excluding tert-OH is 1. The number of carbonyl (C=O) groups is 4. The van der Waals surface area contributed by atoms with Crippen LogP contribution in [0, 0.1) is 0 Å². The number of allylic oxidation sites excluding steroid dienone is 2. The lowest BCUT2D eigenvalue weighted by atomic mass is 10.0. The van der Waals surface area contributed by atoms with Gasteiger partial charge in [-0.25, -0.2) is 4.79 Å². The Balaban J connectivity index is 3.88. The maximum atomic E-state index is 12.3. The summed E-state index contributed by atoms with van der Waals surface area (Å²) in [6.45, 7) is 3.23. The van der Waals surface area contributed by atoms with Crippen LogP contribution in [0.15, 0.2) is 12.2 Å². The number of hydrogen-bond acceptors (Lipinski definition) is 6. The molecule has 0 aliphatic carbocycles. The van der Waals surface area contributed by atoms with E-state index in [-0.39, 0.29) is 30.9 Å².